The zero-order chi connectivity index (χ0) is 8.70. The van der Waals surface area contributed by atoms with Gasteiger partial charge in [-0.1, -0.05) is 0 Å². The van der Waals surface area contributed by atoms with Crippen LogP contribution in [0.1, 0.15) is 26.2 Å². The van der Waals surface area contributed by atoms with Gasteiger partial charge in [0.05, 0.1) is 0 Å². The predicted octanol–water partition coefficient (Wildman–Crippen LogP) is 2.31. The zero-order valence-corrected chi connectivity index (χ0v) is 6.16. The van der Waals surface area contributed by atoms with Crippen LogP contribution >= 0.6 is 0 Å². The molecular weight excluding hydrogens is 157 g/mol. The minimum absolute atomic E-state index is 0.0463. The first-order valence-corrected chi connectivity index (χ1v) is 3.48. The van der Waals surface area contributed by atoms with Crippen molar-refractivity contribution in [2.45, 2.75) is 32.4 Å². The molecule has 0 bridgehead atoms. The molecule has 1 nitrogen and oxygen atoms in total. The van der Waals surface area contributed by atoms with Crippen molar-refractivity contribution in [2.24, 2.45) is 5.41 Å². The van der Waals surface area contributed by atoms with Gasteiger partial charge in [0.1, 0.15) is 11.2 Å². The molecule has 0 spiro atoms. The van der Waals surface area contributed by atoms with Crippen molar-refractivity contribution in [1.82, 2.24) is 0 Å². The van der Waals surface area contributed by atoms with E-state index in [-0.39, 0.29) is 12.8 Å². The molecule has 1 aliphatic carbocycles. The summed E-state index contributed by atoms with van der Waals surface area (Å²) in [6.45, 7) is 0.988. The Hall–Kier alpha value is -0.540. The normalized spacial score (nSPS) is 32.9. The van der Waals surface area contributed by atoms with E-state index >= 15 is 0 Å². The minimum Gasteiger partial charge on any atom is -0.299 e. The molecule has 0 aliphatic heterocycles. The molecule has 64 valence electrons. The van der Waals surface area contributed by atoms with Gasteiger partial charge < -0.3 is 0 Å². The van der Waals surface area contributed by atoms with E-state index in [0.717, 1.165) is 6.92 Å². The van der Waals surface area contributed by atoms with Crippen molar-refractivity contribution in [3.8, 4) is 0 Å². The fraction of sp³-hybridized carbons (Fsp3) is 0.857. The van der Waals surface area contributed by atoms with Crippen LogP contribution in [0.25, 0.3) is 0 Å². The molecule has 0 saturated heterocycles. The highest BCUT2D eigenvalue weighted by Crippen LogP contribution is 2.47. The summed E-state index contributed by atoms with van der Waals surface area (Å²) >= 11 is 0. The Kier molecular flexibility index (Phi) is 1.73. The number of carbonyl (C=O) groups is 1. The van der Waals surface area contributed by atoms with E-state index in [1.165, 1.54) is 0 Å². The molecular formula is C7H9F3O. The number of hydrogen-bond donors (Lipinski definition) is 0. The largest absolute Gasteiger partial charge is 0.401 e. The van der Waals surface area contributed by atoms with E-state index in [0.29, 0.717) is 6.42 Å². The Bertz CT molecular complexity index is 185. The van der Waals surface area contributed by atoms with Crippen LogP contribution in [-0.2, 0) is 4.79 Å². The molecule has 0 radical (unpaired) electrons. The SMILES string of the molecule is CC1(C(F)(F)F)CCCC1=O. The van der Waals surface area contributed by atoms with Crippen LogP contribution in [-0.4, -0.2) is 12.0 Å². The van der Waals surface area contributed by atoms with Crippen LogP contribution in [0.5, 0.6) is 0 Å². The maximum Gasteiger partial charge on any atom is 0.401 e. The summed E-state index contributed by atoms with van der Waals surface area (Å²) in [5.74, 6) is -0.662. The molecule has 1 atom stereocenters. The highest BCUT2D eigenvalue weighted by molar-refractivity contribution is 5.87. The number of alkyl halides is 3. The molecule has 0 amide bonds. The zero-order valence-electron chi connectivity index (χ0n) is 6.16. The first-order valence-electron chi connectivity index (χ1n) is 3.48. The summed E-state index contributed by atoms with van der Waals surface area (Å²) in [7, 11) is 0. The monoisotopic (exact) mass is 166 g/mol. The van der Waals surface area contributed by atoms with Gasteiger partial charge in [-0.15, -0.1) is 0 Å². The van der Waals surface area contributed by atoms with Crippen molar-refractivity contribution < 1.29 is 18.0 Å². The smallest absolute Gasteiger partial charge is 0.299 e. The first kappa shape index (κ1) is 8.56. The van der Waals surface area contributed by atoms with E-state index < -0.39 is 17.4 Å². The summed E-state index contributed by atoms with van der Waals surface area (Å²) in [5, 5.41) is 0. The van der Waals surface area contributed by atoms with Crippen molar-refractivity contribution >= 4 is 5.78 Å². The summed E-state index contributed by atoms with van der Waals surface area (Å²) in [5.41, 5.74) is -2.05. The van der Waals surface area contributed by atoms with E-state index in [1.807, 2.05) is 0 Å². The van der Waals surface area contributed by atoms with Gasteiger partial charge in [-0.25, -0.2) is 0 Å². The molecule has 0 aromatic heterocycles. The quantitative estimate of drug-likeness (QED) is 0.539. The highest BCUT2D eigenvalue weighted by atomic mass is 19.4. The van der Waals surface area contributed by atoms with Gasteiger partial charge >= 0.3 is 6.18 Å². The highest BCUT2D eigenvalue weighted by Gasteiger charge is 2.57. The molecule has 11 heavy (non-hydrogen) atoms. The maximum absolute atomic E-state index is 12.2. The summed E-state index contributed by atoms with van der Waals surface area (Å²) < 4.78 is 36.5. The molecule has 1 fully saturated rings. The van der Waals surface area contributed by atoms with Crippen LogP contribution in [0.2, 0.25) is 0 Å². The Labute approximate surface area is 62.6 Å². The topological polar surface area (TPSA) is 17.1 Å². The van der Waals surface area contributed by atoms with Gasteiger partial charge in [0.15, 0.2) is 0 Å². The van der Waals surface area contributed by atoms with Crippen molar-refractivity contribution in [1.29, 1.82) is 0 Å². The molecule has 0 aromatic rings. The number of ketones is 1. The van der Waals surface area contributed by atoms with Crippen molar-refractivity contribution in [3.63, 3.8) is 0 Å². The van der Waals surface area contributed by atoms with Gasteiger partial charge in [-0.05, 0) is 19.8 Å². The molecule has 1 aliphatic rings. The second-order valence-corrected chi connectivity index (χ2v) is 3.11. The van der Waals surface area contributed by atoms with E-state index in [2.05, 4.69) is 0 Å². The molecule has 1 saturated carbocycles. The lowest BCUT2D eigenvalue weighted by Gasteiger charge is -2.24. The lowest BCUT2D eigenvalue weighted by Crippen LogP contribution is -2.38. The summed E-state index contributed by atoms with van der Waals surface area (Å²) in [4.78, 5) is 10.8. The Morgan fingerprint density at radius 3 is 2.18 bits per heavy atom. The van der Waals surface area contributed by atoms with Gasteiger partial charge in [-0.2, -0.15) is 13.2 Å². The Balaban J connectivity index is 2.90. The standard InChI is InChI=1S/C7H9F3O/c1-6(7(8,9)10)4-2-3-5(6)11/h2-4H2,1H3. The Morgan fingerprint density at radius 1 is 1.45 bits per heavy atom. The van der Waals surface area contributed by atoms with Gasteiger partial charge in [-0.3, -0.25) is 4.79 Å². The fourth-order valence-electron chi connectivity index (χ4n) is 1.32. The molecule has 1 unspecified atom stereocenters. The summed E-state index contributed by atoms with van der Waals surface area (Å²) in [6.07, 6.45) is -3.96. The number of rotatable bonds is 0. The van der Waals surface area contributed by atoms with Crippen LogP contribution < -0.4 is 0 Å². The minimum atomic E-state index is -4.36. The average Bonchev–Trinajstić information content (AvgIpc) is 2.12. The fourth-order valence-corrected chi connectivity index (χ4v) is 1.32. The van der Waals surface area contributed by atoms with Gasteiger partial charge in [0.2, 0.25) is 0 Å². The average molecular weight is 166 g/mol. The third kappa shape index (κ3) is 1.14. The third-order valence-corrected chi connectivity index (χ3v) is 2.32. The Morgan fingerprint density at radius 2 is 2.00 bits per heavy atom. The van der Waals surface area contributed by atoms with Crippen molar-refractivity contribution in [3.05, 3.63) is 0 Å². The number of hydrogen-bond acceptors (Lipinski definition) is 1. The van der Waals surface area contributed by atoms with Crippen LogP contribution in [0.4, 0.5) is 13.2 Å². The third-order valence-electron chi connectivity index (χ3n) is 2.32. The second-order valence-electron chi connectivity index (χ2n) is 3.11. The number of carbonyl (C=O) groups excluding carboxylic acids is 1. The molecule has 0 N–H and O–H groups in total. The van der Waals surface area contributed by atoms with Gasteiger partial charge in [0.25, 0.3) is 0 Å². The number of Topliss-reactive ketones (excluding diaryl/α,β-unsaturated/α-hetero) is 1. The lowest BCUT2D eigenvalue weighted by molar-refractivity contribution is -0.211. The van der Waals surface area contributed by atoms with Crippen molar-refractivity contribution in [2.75, 3.05) is 0 Å². The van der Waals surface area contributed by atoms with Crippen LogP contribution in [0, 0.1) is 5.41 Å². The molecule has 1 rings (SSSR count). The first-order chi connectivity index (χ1) is 4.88. The van der Waals surface area contributed by atoms with Crippen LogP contribution in [0.3, 0.4) is 0 Å². The molecule has 0 aromatic carbocycles. The number of halogens is 3. The van der Waals surface area contributed by atoms with E-state index in [4.69, 9.17) is 0 Å². The lowest BCUT2D eigenvalue weighted by atomic mass is 9.87. The van der Waals surface area contributed by atoms with Crippen LogP contribution in [0.15, 0.2) is 0 Å². The van der Waals surface area contributed by atoms with Gasteiger partial charge in [0, 0.05) is 6.42 Å². The summed E-state index contributed by atoms with van der Waals surface area (Å²) in [6, 6.07) is 0. The molecule has 4 heteroatoms. The van der Waals surface area contributed by atoms with E-state index in [9.17, 15) is 18.0 Å². The van der Waals surface area contributed by atoms with E-state index in [1.54, 1.807) is 0 Å². The predicted molar refractivity (Wildman–Crippen MR) is 33.0 cm³/mol. The maximum atomic E-state index is 12.2. The second kappa shape index (κ2) is 2.22. The molecule has 0 heterocycles.